The number of carbonyl (C=O) groups is 3. The summed E-state index contributed by atoms with van der Waals surface area (Å²) in [6.07, 6.45) is 0. The lowest BCUT2D eigenvalue weighted by atomic mass is 10.00. The minimum Gasteiger partial charge on any atom is -0.497 e. The van der Waals surface area contributed by atoms with Crippen LogP contribution >= 0.6 is 0 Å². The molecule has 1 aromatic heterocycles. The summed E-state index contributed by atoms with van der Waals surface area (Å²) in [5.74, 6) is -0.392. The first-order valence-corrected chi connectivity index (χ1v) is 9.28. The lowest BCUT2D eigenvalue weighted by Crippen LogP contribution is -2.48. The zero-order chi connectivity index (χ0) is 21.9. The number of nitrogens with one attached hydrogen (secondary N) is 1. The first-order chi connectivity index (χ1) is 13.5. The molecule has 7 nitrogen and oxygen atoms in total. The van der Waals surface area contributed by atoms with Crippen LogP contribution in [0.15, 0.2) is 24.3 Å². The minimum absolute atomic E-state index is 0.117. The molecule has 7 heteroatoms. The van der Waals surface area contributed by atoms with E-state index in [-0.39, 0.29) is 23.9 Å². The summed E-state index contributed by atoms with van der Waals surface area (Å²) in [7, 11) is 2.84. The summed E-state index contributed by atoms with van der Waals surface area (Å²) in [6.45, 7) is 8.92. The van der Waals surface area contributed by atoms with Gasteiger partial charge >= 0.3 is 5.97 Å². The van der Waals surface area contributed by atoms with Crippen molar-refractivity contribution in [1.29, 1.82) is 0 Å². The Bertz CT molecular complexity index is 920. The van der Waals surface area contributed by atoms with Crippen LogP contribution in [-0.4, -0.2) is 53.8 Å². The number of rotatable bonds is 6. The third-order valence-electron chi connectivity index (χ3n) is 4.80. The van der Waals surface area contributed by atoms with Gasteiger partial charge in [-0.1, -0.05) is 0 Å². The Morgan fingerprint density at radius 2 is 1.62 bits per heavy atom. The molecule has 2 aromatic rings. The molecule has 0 saturated heterocycles. The van der Waals surface area contributed by atoms with Gasteiger partial charge in [0.1, 0.15) is 11.4 Å². The fourth-order valence-corrected chi connectivity index (χ4v) is 3.20. The number of carbonyl (C=O) groups excluding carboxylic acids is 3. The summed E-state index contributed by atoms with van der Waals surface area (Å²) in [6, 6.07) is 6.76. The van der Waals surface area contributed by atoms with Crippen molar-refractivity contribution < 1.29 is 23.9 Å². The number of ether oxygens (including phenoxy) is 2. The Hall–Kier alpha value is -3.09. The van der Waals surface area contributed by atoms with Gasteiger partial charge in [-0.05, 0) is 64.4 Å². The number of nitrogens with zero attached hydrogens (tertiary/aromatic N) is 1. The molecule has 0 aliphatic carbocycles. The van der Waals surface area contributed by atoms with Gasteiger partial charge in [-0.15, -0.1) is 0 Å². The first-order valence-electron chi connectivity index (χ1n) is 9.28. The summed E-state index contributed by atoms with van der Waals surface area (Å²) in [5.41, 5.74) is 1.62. The van der Waals surface area contributed by atoms with E-state index in [1.807, 2.05) is 20.8 Å². The highest BCUT2D eigenvalue weighted by molar-refractivity contribution is 6.06. The number of Topliss-reactive ketones (excluding diaryl/α,β-unsaturated/α-hetero) is 1. The SMILES string of the molecule is COC(=O)c1[nH]c(C)c(C(=O)CN(C(=O)c2ccc(OC)cc2)C(C)(C)C)c1C. The second-order valence-corrected chi connectivity index (χ2v) is 7.83. The molecule has 0 atom stereocenters. The van der Waals surface area contributed by atoms with Crippen LogP contribution in [0.3, 0.4) is 0 Å². The predicted molar refractivity (Wildman–Crippen MR) is 110 cm³/mol. The van der Waals surface area contributed by atoms with E-state index in [1.54, 1.807) is 45.2 Å². The van der Waals surface area contributed by atoms with Crippen molar-refractivity contribution in [3.05, 3.63) is 52.3 Å². The number of esters is 1. The maximum atomic E-state index is 13.1. The molecule has 29 heavy (non-hydrogen) atoms. The smallest absolute Gasteiger partial charge is 0.354 e. The molecule has 0 aliphatic rings. The van der Waals surface area contributed by atoms with Gasteiger partial charge in [0, 0.05) is 22.4 Å². The molecule has 0 bridgehead atoms. The molecule has 0 radical (unpaired) electrons. The van der Waals surface area contributed by atoms with Crippen LogP contribution in [0.2, 0.25) is 0 Å². The van der Waals surface area contributed by atoms with Gasteiger partial charge in [-0.25, -0.2) is 4.79 Å². The Kier molecular flexibility index (Phi) is 6.51. The maximum Gasteiger partial charge on any atom is 0.354 e. The van der Waals surface area contributed by atoms with Gasteiger partial charge in [-0.3, -0.25) is 9.59 Å². The highest BCUT2D eigenvalue weighted by Gasteiger charge is 2.31. The quantitative estimate of drug-likeness (QED) is 0.592. The van der Waals surface area contributed by atoms with Crippen LogP contribution in [0, 0.1) is 13.8 Å². The third-order valence-corrected chi connectivity index (χ3v) is 4.80. The van der Waals surface area contributed by atoms with Gasteiger partial charge in [0.15, 0.2) is 5.78 Å². The summed E-state index contributed by atoms with van der Waals surface area (Å²) >= 11 is 0. The molecule has 1 N–H and O–H groups in total. The van der Waals surface area contributed by atoms with Crippen LogP contribution < -0.4 is 4.74 Å². The molecular weight excluding hydrogens is 372 g/mol. The molecule has 0 spiro atoms. The van der Waals surface area contributed by atoms with E-state index in [9.17, 15) is 14.4 Å². The normalized spacial score (nSPS) is 11.1. The molecule has 1 heterocycles. The number of aromatic amines is 1. The van der Waals surface area contributed by atoms with Gasteiger partial charge in [0.05, 0.1) is 20.8 Å². The van der Waals surface area contributed by atoms with E-state index in [0.717, 1.165) is 0 Å². The summed E-state index contributed by atoms with van der Waals surface area (Å²) in [4.78, 5) is 42.6. The maximum absolute atomic E-state index is 13.1. The van der Waals surface area contributed by atoms with Crippen molar-refractivity contribution in [3.8, 4) is 5.75 Å². The average molecular weight is 400 g/mol. The highest BCUT2D eigenvalue weighted by atomic mass is 16.5. The van der Waals surface area contributed by atoms with E-state index in [1.165, 1.54) is 12.0 Å². The molecule has 1 amide bonds. The number of methoxy groups -OCH3 is 2. The fraction of sp³-hybridized carbons (Fsp3) is 0.409. The molecule has 0 aliphatic heterocycles. The van der Waals surface area contributed by atoms with Crippen molar-refractivity contribution >= 4 is 17.7 Å². The van der Waals surface area contributed by atoms with E-state index in [0.29, 0.717) is 28.1 Å². The number of hydrogen-bond acceptors (Lipinski definition) is 5. The Morgan fingerprint density at radius 1 is 1.03 bits per heavy atom. The van der Waals surface area contributed by atoms with Crippen LogP contribution in [-0.2, 0) is 4.74 Å². The Morgan fingerprint density at radius 3 is 2.10 bits per heavy atom. The second-order valence-electron chi connectivity index (χ2n) is 7.83. The molecule has 2 rings (SSSR count). The molecule has 0 unspecified atom stereocenters. The van der Waals surface area contributed by atoms with Crippen LogP contribution in [0.1, 0.15) is 63.2 Å². The Balaban J connectivity index is 2.36. The lowest BCUT2D eigenvalue weighted by Gasteiger charge is -2.35. The van der Waals surface area contributed by atoms with E-state index >= 15 is 0 Å². The highest BCUT2D eigenvalue weighted by Crippen LogP contribution is 2.23. The van der Waals surface area contributed by atoms with Crippen molar-refractivity contribution in [2.24, 2.45) is 0 Å². The largest absolute Gasteiger partial charge is 0.497 e. The van der Waals surface area contributed by atoms with E-state index < -0.39 is 11.5 Å². The summed E-state index contributed by atoms with van der Waals surface area (Å²) < 4.78 is 9.90. The number of aromatic nitrogens is 1. The monoisotopic (exact) mass is 400 g/mol. The number of hydrogen-bond donors (Lipinski definition) is 1. The minimum atomic E-state index is -0.587. The molecule has 0 saturated carbocycles. The van der Waals surface area contributed by atoms with Crippen molar-refractivity contribution in [1.82, 2.24) is 9.88 Å². The van der Waals surface area contributed by atoms with E-state index in [4.69, 9.17) is 9.47 Å². The number of amides is 1. The van der Waals surface area contributed by atoms with E-state index in [2.05, 4.69) is 4.98 Å². The van der Waals surface area contributed by atoms with Crippen molar-refractivity contribution in [3.63, 3.8) is 0 Å². The molecule has 156 valence electrons. The predicted octanol–water partition coefficient (Wildman–Crippen LogP) is 3.55. The fourth-order valence-electron chi connectivity index (χ4n) is 3.20. The lowest BCUT2D eigenvalue weighted by molar-refractivity contribution is 0.0546. The van der Waals surface area contributed by atoms with Crippen LogP contribution in [0.5, 0.6) is 5.75 Å². The zero-order valence-electron chi connectivity index (χ0n) is 18.0. The van der Waals surface area contributed by atoms with Crippen LogP contribution in [0.25, 0.3) is 0 Å². The van der Waals surface area contributed by atoms with Crippen molar-refractivity contribution in [2.45, 2.75) is 40.2 Å². The second kappa shape index (κ2) is 8.51. The van der Waals surface area contributed by atoms with Gasteiger partial charge in [-0.2, -0.15) is 0 Å². The number of benzene rings is 1. The van der Waals surface area contributed by atoms with Crippen molar-refractivity contribution in [2.75, 3.05) is 20.8 Å². The molecule has 1 aromatic carbocycles. The topological polar surface area (TPSA) is 88.7 Å². The average Bonchev–Trinajstić information content (AvgIpc) is 2.98. The number of aryl methyl sites for hydroxylation is 1. The summed E-state index contributed by atoms with van der Waals surface area (Å²) in [5, 5.41) is 0. The van der Waals surface area contributed by atoms with Crippen LogP contribution in [0.4, 0.5) is 0 Å². The number of ketones is 1. The van der Waals surface area contributed by atoms with Gasteiger partial charge < -0.3 is 19.4 Å². The van der Waals surface area contributed by atoms with Gasteiger partial charge in [0.25, 0.3) is 5.91 Å². The standard InChI is InChI=1S/C22H28N2O5/c1-13-18(14(2)23-19(13)21(27)29-7)17(25)12-24(22(3,4)5)20(26)15-8-10-16(28-6)11-9-15/h8-11,23H,12H2,1-7H3. The Labute approximate surface area is 171 Å². The first kappa shape index (κ1) is 22.2. The third kappa shape index (κ3) is 4.67. The number of H-pyrrole nitrogens is 1. The molecular formula is C22H28N2O5. The van der Waals surface area contributed by atoms with Gasteiger partial charge in [0.2, 0.25) is 0 Å². The molecule has 0 fully saturated rings. The zero-order valence-corrected chi connectivity index (χ0v) is 18.0.